The summed E-state index contributed by atoms with van der Waals surface area (Å²) < 4.78 is 0. The second-order valence-corrected chi connectivity index (χ2v) is 11.9. The molecule has 3 N–H and O–H groups in total. The molecule has 34 heavy (non-hydrogen) atoms. The smallest absolute Gasteiger partial charge is 0.268 e. The maximum Gasteiger partial charge on any atom is 0.268 e. The fourth-order valence-corrected chi connectivity index (χ4v) is 6.89. The number of aromatic nitrogens is 1. The number of amides is 1. The summed E-state index contributed by atoms with van der Waals surface area (Å²) in [6.07, 6.45) is 2.89. The van der Waals surface area contributed by atoms with Gasteiger partial charge >= 0.3 is 0 Å². The Balaban J connectivity index is 1.45. The van der Waals surface area contributed by atoms with Crippen LogP contribution in [0.2, 0.25) is 0 Å². The number of fused-ring (bicyclic) bond motifs is 2. The van der Waals surface area contributed by atoms with E-state index in [1.165, 1.54) is 27.6 Å². The highest BCUT2D eigenvalue weighted by Crippen LogP contribution is 2.44. The van der Waals surface area contributed by atoms with Crippen molar-refractivity contribution in [3.8, 4) is 17.3 Å². The average molecular weight is 487 g/mol. The molecule has 1 atom stereocenters. The SMILES string of the molecule is CC(C)(C)C1CCc2c(sc(NC(=O)c3sc4nc(-c5ccccc5)ccc4c3N)c2C#N)C1. The largest absolute Gasteiger partial charge is 0.397 e. The molecule has 1 amide bonds. The van der Waals surface area contributed by atoms with Gasteiger partial charge < -0.3 is 11.1 Å². The van der Waals surface area contributed by atoms with Crippen molar-refractivity contribution in [2.24, 2.45) is 11.3 Å². The Hall–Kier alpha value is -3.21. The summed E-state index contributed by atoms with van der Waals surface area (Å²) in [5.74, 6) is 0.279. The highest BCUT2D eigenvalue weighted by atomic mass is 32.1. The first-order valence-electron chi connectivity index (χ1n) is 11.4. The molecule has 5 nitrogen and oxygen atoms in total. The molecular formula is C27H26N4OS2. The Bertz CT molecular complexity index is 1440. The molecule has 5 rings (SSSR count). The number of nitrogen functional groups attached to an aromatic ring is 1. The summed E-state index contributed by atoms with van der Waals surface area (Å²) in [4.78, 5) is 20.4. The summed E-state index contributed by atoms with van der Waals surface area (Å²) >= 11 is 2.82. The minimum Gasteiger partial charge on any atom is -0.397 e. The van der Waals surface area contributed by atoms with Gasteiger partial charge in [0.15, 0.2) is 0 Å². The van der Waals surface area contributed by atoms with Gasteiger partial charge in [0.05, 0.1) is 16.9 Å². The summed E-state index contributed by atoms with van der Waals surface area (Å²) in [5, 5.41) is 14.2. The number of carbonyl (C=O) groups excluding carboxylic acids is 1. The van der Waals surface area contributed by atoms with Crippen molar-refractivity contribution in [2.75, 3.05) is 11.1 Å². The molecule has 1 unspecified atom stereocenters. The quantitative estimate of drug-likeness (QED) is 0.330. The first kappa shape index (κ1) is 22.6. The van der Waals surface area contributed by atoms with Gasteiger partial charge in [0.25, 0.3) is 5.91 Å². The van der Waals surface area contributed by atoms with Crippen molar-refractivity contribution in [1.29, 1.82) is 5.26 Å². The van der Waals surface area contributed by atoms with Gasteiger partial charge in [-0.15, -0.1) is 22.7 Å². The molecule has 172 valence electrons. The van der Waals surface area contributed by atoms with E-state index in [9.17, 15) is 10.1 Å². The zero-order chi connectivity index (χ0) is 24.0. The summed E-state index contributed by atoms with van der Waals surface area (Å²) in [5.41, 5.74) is 10.6. The van der Waals surface area contributed by atoms with E-state index in [4.69, 9.17) is 10.7 Å². The first-order valence-corrected chi connectivity index (χ1v) is 13.0. The molecule has 0 saturated heterocycles. The van der Waals surface area contributed by atoms with Crippen molar-refractivity contribution < 1.29 is 4.79 Å². The summed E-state index contributed by atoms with van der Waals surface area (Å²) in [6, 6.07) is 16.1. The van der Waals surface area contributed by atoms with Crippen LogP contribution < -0.4 is 11.1 Å². The number of thiophene rings is 2. The van der Waals surface area contributed by atoms with Gasteiger partial charge in [0.1, 0.15) is 20.8 Å². The monoisotopic (exact) mass is 486 g/mol. The lowest BCUT2D eigenvalue weighted by atomic mass is 9.72. The highest BCUT2D eigenvalue weighted by Gasteiger charge is 2.32. The number of nitrogens with zero attached hydrogens (tertiary/aromatic N) is 2. The number of rotatable bonds is 3. The fourth-order valence-electron chi connectivity index (χ4n) is 4.63. The number of nitrogens with one attached hydrogen (secondary N) is 1. The number of benzene rings is 1. The second-order valence-electron chi connectivity index (χ2n) is 9.84. The van der Waals surface area contributed by atoms with Gasteiger partial charge in [0.2, 0.25) is 0 Å². The Labute approximate surface area is 207 Å². The van der Waals surface area contributed by atoms with E-state index in [2.05, 4.69) is 32.2 Å². The number of hydrogen-bond donors (Lipinski definition) is 2. The van der Waals surface area contributed by atoms with Crippen LogP contribution in [0.25, 0.3) is 21.5 Å². The molecule has 1 aliphatic rings. The standard InChI is InChI=1S/C27H26N4OS2/c1-27(2,3)16-9-10-17-19(14-28)26(33-21(17)13-16)31-24(32)23-22(29)18-11-12-20(30-25(18)34-23)15-7-5-4-6-8-15/h4-8,11-12,16H,9-10,13,29H2,1-3H3,(H,31,32). The van der Waals surface area contributed by atoms with Crippen LogP contribution >= 0.6 is 22.7 Å². The molecule has 0 fully saturated rings. The van der Waals surface area contributed by atoms with E-state index in [1.807, 2.05) is 42.5 Å². The van der Waals surface area contributed by atoms with E-state index < -0.39 is 0 Å². The van der Waals surface area contributed by atoms with E-state index in [1.54, 1.807) is 0 Å². The van der Waals surface area contributed by atoms with Crippen LogP contribution in [-0.4, -0.2) is 10.9 Å². The van der Waals surface area contributed by atoms with Gasteiger partial charge in [-0.3, -0.25) is 4.79 Å². The number of carbonyl (C=O) groups is 1. The molecule has 0 spiro atoms. The second kappa shape index (κ2) is 8.53. The Morgan fingerprint density at radius 1 is 1.18 bits per heavy atom. The van der Waals surface area contributed by atoms with E-state index in [-0.39, 0.29) is 11.3 Å². The summed E-state index contributed by atoms with van der Waals surface area (Å²) in [7, 11) is 0. The highest BCUT2D eigenvalue weighted by molar-refractivity contribution is 7.21. The Kier molecular flexibility index (Phi) is 5.67. The molecule has 0 radical (unpaired) electrons. The first-order chi connectivity index (χ1) is 16.3. The zero-order valence-corrected chi connectivity index (χ0v) is 21.1. The molecule has 7 heteroatoms. The molecule has 0 bridgehead atoms. The number of hydrogen-bond acceptors (Lipinski definition) is 6. The minimum absolute atomic E-state index is 0.217. The molecule has 4 aromatic rings. The number of nitrogens with two attached hydrogens (primary N) is 1. The van der Waals surface area contributed by atoms with Crippen LogP contribution in [0.1, 0.15) is 52.9 Å². The third-order valence-corrected chi connectivity index (χ3v) is 8.98. The van der Waals surface area contributed by atoms with Crippen LogP contribution in [-0.2, 0) is 12.8 Å². The van der Waals surface area contributed by atoms with Gasteiger partial charge in [-0.25, -0.2) is 4.98 Å². The lowest BCUT2D eigenvalue weighted by molar-refractivity contribution is 0.103. The number of nitriles is 1. The van der Waals surface area contributed by atoms with E-state index in [0.717, 1.165) is 46.3 Å². The van der Waals surface area contributed by atoms with Gasteiger partial charge in [-0.2, -0.15) is 5.26 Å². The minimum atomic E-state index is -0.288. The predicted octanol–water partition coefficient (Wildman–Crippen LogP) is 6.88. The van der Waals surface area contributed by atoms with Crippen LogP contribution in [0.3, 0.4) is 0 Å². The molecule has 1 aliphatic carbocycles. The van der Waals surface area contributed by atoms with Crippen LogP contribution in [0, 0.1) is 22.7 Å². The Morgan fingerprint density at radius 2 is 1.94 bits per heavy atom. The molecule has 3 aromatic heterocycles. The molecule has 3 heterocycles. The third-order valence-electron chi connectivity index (χ3n) is 6.70. The molecule has 0 saturated carbocycles. The van der Waals surface area contributed by atoms with Crippen molar-refractivity contribution >= 4 is 49.5 Å². The van der Waals surface area contributed by atoms with Crippen molar-refractivity contribution in [3.63, 3.8) is 0 Å². The van der Waals surface area contributed by atoms with Crippen molar-refractivity contribution in [1.82, 2.24) is 4.98 Å². The summed E-state index contributed by atoms with van der Waals surface area (Å²) in [6.45, 7) is 6.81. The number of anilines is 2. The zero-order valence-electron chi connectivity index (χ0n) is 19.4. The van der Waals surface area contributed by atoms with Gasteiger partial charge in [-0.05, 0) is 48.3 Å². The Morgan fingerprint density at radius 3 is 2.65 bits per heavy atom. The lowest BCUT2D eigenvalue weighted by Gasteiger charge is -2.33. The van der Waals surface area contributed by atoms with E-state index >= 15 is 0 Å². The molecule has 0 aliphatic heterocycles. The molecule has 1 aromatic carbocycles. The van der Waals surface area contributed by atoms with Gasteiger partial charge in [-0.1, -0.05) is 51.1 Å². The van der Waals surface area contributed by atoms with Crippen molar-refractivity contribution in [2.45, 2.75) is 40.0 Å². The average Bonchev–Trinajstić information content (AvgIpc) is 3.34. The topological polar surface area (TPSA) is 91.8 Å². The van der Waals surface area contributed by atoms with E-state index in [0.29, 0.717) is 27.0 Å². The van der Waals surface area contributed by atoms with Crippen LogP contribution in [0.4, 0.5) is 10.7 Å². The van der Waals surface area contributed by atoms with Gasteiger partial charge in [0, 0.05) is 15.8 Å². The maximum atomic E-state index is 13.3. The van der Waals surface area contributed by atoms with Crippen molar-refractivity contribution in [3.05, 3.63) is 63.3 Å². The normalized spacial score (nSPS) is 15.6. The molecular weight excluding hydrogens is 460 g/mol. The maximum absolute atomic E-state index is 13.3. The van der Waals surface area contributed by atoms with Crippen LogP contribution in [0.15, 0.2) is 42.5 Å². The van der Waals surface area contributed by atoms with Crippen LogP contribution in [0.5, 0.6) is 0 Å². The fraction of sp³-hybridized carbons (Fsp3) is 0.296. The number of pyridine rings is 1. The third kappa shape index (κ3) is 3.97. The predicted molar refractivity (Wildman–Crippen MR) is 141 cm³/mol. The lowest BCUT2D eigenvalue weighted by Crippen LogP contribution is -2.26.